The Hall–Kier alpha value is -1.65. The van der Waals surface area contributed by atoms with E-state index in [1.807, 2.05) is 29.1 Å². The maximum atomic E-state index is 6.21. The summed E-state index contributed by atoms with van der Waals surface area (Å²) >= 11 is 0. The van der Waals surface area contributed by atoms with Gasteiger partial charge in [-0.2, -0.15) is 5.10 Å². The van der Waals surface area contributed by atoms with Gasteiger partial charge < -0.3 is 5.73 Å². The lowest BCUT2D eigenvalue weighted by atomic mass is 9.98. The lowest BCUT2D eigenvalue weighted by molar-refractivity contribution is 0.298. The van der Waals surface area contributed by atoms with Crippen LogP contribution in [0.5, 0.6) is 0 Å². The van der Waals surface area contributed by atoms with E-state index in [4.69, 9.17) is 5.73 Å². The number of benzene rings is 1. The molecule has 1 saturated carbocycles. The smallest absolute Gasteiger partial charge is 0.0645 e. The van der Waals surface area contributed by atoms with E-state index in [0.717, 1.165) is 24.7 Å². The van der Waals surface area contributed by atoms with Crippen molar-refractivity contribution in [3.63, 3.8) is 0 Å². The van der Waals surface area contributed by atoms with Crippen LogP contribution in [0.2, 0.25) is 0 Å². The normalized spacial score (nSPS) is 28.9. The van der Waals surface area contributed by atoms with E-state index in [-0.39, 0.29) is 0 Å². The third-order valence-electron chi connectivity index (χ3n) is 5.05. The number of aromatic nitrogens is 2. The van der Waals surface area contributed by atoms with Crippen LogP contribution in [0, 0.1) is 11.8 Å². The standard InChI is InChI=1S/C17H22N4/c18-17-7-6-14-11-20(12-16(14)17)9-13-8-19-21(10-13)15-4-2-1-3-5-15/h1-5,8,10,14,16-17H,6-7,9,11-12,18H2. The Kier molecular flexibility index (Phi) is 3.28. The lowest BCUT2D eigenvalue weighted by Gasteiger charge is -2.17. The minimum absolute atomic E-state index is 0.423. The van der Waals surface area contributed by atoms with E-state index in [9.17, 15) is 0 Å². The van der Waals surface area contributed by atoms with Crippen LogP contribution in [0.3, 0.4) is 0 Å². The summed E-state index contributed by atoms with van der Waals surface area (Å²) in [7, 11) is 0. The van der Waals surface area contributed by atoms with Crippen LogP contribution >= 0.6 is 0 Å². The second kappa shape index (κ2) is 5.28. The van der Waals surface area contributed by atoms with E-state index in [0.29, 0.717) is 12.0 Å². The first-order valence-corrected chi connectivity index (χ1v) is 7.86. The monoisotopic (exact) mass is 282 g/mol. The van der Waals surface area contributed by atoms with Gasteiger partial charge in [0.25, 0.3) is 0 Å². The van der Waals surface area contributed by atoms with Crippen molar-refractivity contribution in [2.45, 2.75) is 25.4 Å². The van der Waals surface area contributed by atoms with Gasteiger partial charge in [-0.3, -0.25) is 4.90 Å². The summed E-state index contributed by atoms with van der Waals surface area (Å²) in [6, 6.07) is 10.7. The topological polar surface area (TPSA) is 47.1 Å². The lowest BCUT2D eigenvalue weighted by Crippen LogP contribution is -2.30. The molecule has 0 spiro atoms. The van der Waals surface area contributed by atoms with Crippen molar-refractivity contribution in [1.82, 2.24) is 14.7 Å². The Morgan fingerprint density at radius 1 is 1.14 bits per heavy atom. The molecule has 4 heteroatoms. The molecule has 1 aliphatic carbocycles. The molecule has 1 saturated heterocycles. The molecule has 4 nitrogen and oxygen atoms in total. The van der Waals surface area contributed by atoms with E-state index < -0.39 is 0 Å². The molecule has 4 rings (SSSR count). The molecule has 1 aliphatic heterocycles. The van der Waals surface area contributed by atoms with Crippen molar-refractivity contribution in [2.24, 2.45) is 17.6 Å². The predicted molar refractivity (Wildman–Crippen MR) is 83.0 cm³/mol. The van der Waals surface area contributed by atoms with Crippen LogP contribution in [-0.4, -0.2) is 33.8 Å². The average molecular weight is 282 g/mol. The molecule has 21 heavy (non-hydrogen) atoms. The number of para-hydroxylation sites is 1. The summed E-state index contributed by atoms with van der Waals surface area (Å²) in [4.78, 5) is 2.54. The molecule has 2 fully saturated rings. The van der Waals surface area contributed by atoms with Gasteiger partial charge in [0.2, 0.25) is 0 Å². The first kappa shape index (κ1) is 13.0. The second-order valence-electron chi connectivity index (χ2n) is 6.49. The number of nitrogens with zero attached hydrogens (tertiary/aromatic N) is 3. The highest BCUT2D eigenvalue weighted by atomic mass is 15.3. The maximum Gasteiger partial charge on any atom is 0.0645 e. The first-order valence-electron chi connectivity index (χ1n) is 7.86. The van der Waals surface area contributed by atoms with Gasteiger partial charge in [0.05, 0.1) is 11.9 Å². The zero-order valence-electron chi connectivity index (χ0n) is 12.2. The first-order chi connectivity index (χ1) is 10.3. The van der Waals surface area contributed by atoms with Crippen LogP contribution < -0.4 is 5.73 Å². The third kappa shape index (κ3) is 2.49. The third-order valence-corrected chi connectivity index (χ3v) is 5.05. The quantitative estimate of drug-likeness (QED) is 0.937. The molecule has 2 heterocycles. The van der Waals surface area contributed by atoms with Gasteiger partial charge in [-0.05, 0) is 36.8 Å². The molecule has 2 aliphatic rings. The fourth-order valence-corrected chi connectivity index (χ4v) is 3.95. The number of hydrogen-bond acceptors (Lipinski definition) is 3. The van der Waals surface area contributed by atoms with Crippen molar-refractivity contribution in [1.29, 1.82) is 0 Å². The molecule has 3 atom stereocenters. The Labute approximate surface area is 125 Å². The molecule has 0 radical (unpaired) electrons. The number of hydrogen-bond donors (Lipinski definition) is 1. The molecule has 2 aromatic rings. The zero-order chi connectivity index (χ0) is 14.2. The molecular formula is C17H22N4. The highest BCUT2D eigenvalue weighted by molar-refractivity contribution is 5.30. The minimum atomic E-state index is 0.423. The number of nitrogens with two attached hydrogens (primary N) is 1. The largest absolute Gasteiger partial charge is 0.327 e. The summed E-state index contributed by atoms with van der Waals surface area (Å²) in [6.07, 6.45) is 6.66. The van der Waals surface area contributed by atoms with E-state index in [1.165, 1.54) is 24.9 Å². The second-order valence-corrected chi connectivity index (χ2v) is 6.49. The van der Waals surface area contributed by atoms with E-state index in [1.54, 1.807) is 0 Å². The summed E-state index contributed by atoms with van der Waals surface area (Å²) in [6.45, 7) is 3.35. The Morgan fingerprint density at radius 3 is 2.81 bits per heavy atom. The van der Waals surface area contributed by atoms with Crippen LogP contribution in [0.4, 0.5) is 0 Å². The van der Waals surface area contributed by atoms with Crippen molar-refractivity contribution >= 4 is 0 Å². The molecule has 0 bridgehead atoms. The summed E-state index contributed by atoms with van der Waals surface area (Å²) in [5, 5.41) is 4.48. The van der Waals surface area contributed by atoms with Gasteiger partial charge in [-0.1, -0.05) is 18.2 Å². The van der Waals surface area contributed by atoms with Crippen LogP contribution in [0.15, 0.2) is 42.7 Å². The van der Waals surface area contributed by atoms with Crippen molar-refractivity contribution in [3.8, 4) is 5.69 Å². The van der Waals surface area contributed by atoms with E-state index >= 15 is 0 Å². The summed E-state index contributed by atoms with van der Waals surface area (Å²) < 4.78 is 1.96. The van der Waals surface area contributed by atoms with Crippen LogP contribution in [0.1, 0.15) is 18.4 Å². The van der Waals surface area contributed by atoms with Gasteiger partial charge in [0.15, 0.2) is 0 Å². The van der Waals surface area contributed by atoms with Crippen molar-refractivity contribution in [3.05, 3.63) is 48.3 Å². The zero-order valence-corrected chi connectivity index (χ0v) is 12.2. The fraction of sp³-hybridized carbons (Fsp3) is 0.471. The van der Waals surface area contributed by atoms with Gasteiger partial charge in [0, 0.05) is 37.4 Å². The molecule has 3 unspecified atom stereocenters. The average Bonchev–Trinajstić information content (AvgIpc) is 3.19. The number of fused-ring (bicyclic) bond motifs is 1. The Balaban J connectivity index is 1.44. The molecule has 0 amide bonds. The molecule has 1 aromatic heterocycles. The van der Waals surface area contributed by atoms with Crippen LogP contribution in [-0.2, 0) is 6.54 Å². The Morgan fingerprint density at radius 2 is 2.00 bits per heavy atom. The maximum absolute atomic E-state index is 6.21. The molecule has 110 valence electrons. The van der Waals surface area contributed by atoms with Crippen molar-refractivity contribution in [2.75, 3.05) is 13.1 Å². The van der Waals surface area contributed by atoms with Gasteiger partial charge in [-0.15, -0.1) is 0 Å². The fourth-order valence-electron chi connectivity index (χ4n) is 3.95. The summed E-state index contributed by atoms with van der Waals surface area (Å²) in [5.41, 5.74) is 8.61. The summed E-state index contributed by atoms with van der Waals surface area (Å²) in [5.74, 6) is 1.54. The van der Waals surface area contributed by atoms with Gasteiger partial charge in [-0.25, -0.2) is 4.68 Å². The highest BCUT2D eigenvalue weighted by Crippen LogP contribution is 2.37. The molecule has 2 N–H and O–H groups in total. The minimum Gasteiger partial charge on any atom is -0.327 e. The highest BCUT2D eigenvalue weighted by Gasteiger charge is 2.40. The molecule has 1 aromatic carbocycles. The molecular weight excluding hydrogens is 260 g/mol. The number of likely N-dealkylation sites (tertiary alicyclic amines) is 1. The Bertz CT molecular complexity index is 606. The van der Waals surface area contributed by atoms with Crippen LogP contribution in [0.25, 0.3) is 5.69 Å². The SMILES string of the molecule is NC1CCC2CN(Cc3cnn(-c4ccccc4)c3)CC12. The van der Waals surface area contributed by atoms with Gasteiger partial charge in [0.1, 0.15) is 0 Å². The van der Waals surface area contributed by atoms with Gasteiger partial charge >= 0.3 is 0 Å². The number of rotatable bonds is 3. The van der Waals surface area contributed by atoms with Crippen molar-refractivity contribution < 1.29 is 0 Å². The van der Waals surface area contributed by atoms with E-state index in [2.05, 4.69) is 28.3 Å². The predicted octanol–water partition coefficient (Wildman–Crippen LogP) is 2.04.